The van der Waals surface area contributed by atoms with E-state index in [1.165, 1.54) is 44.2 Å². The third-order valence-corrected chi connectivity index (χ3v) is 7.86. The largest absolute Gasteiger partial charge is 0.396 e. The van der Waals surface area contributed by atoms with Gasteiger partial charge in [0.05, 0.1) is 0 Å². The topological polar surface area (TPSA) is 40.5 Å². The molecule has 1 aliphatic heterocycles. The number of hydrogen-bond acceptors (Lipinski definition) is 2. The van der Waals surface area contributed by atoms with Gasteiger partial charge in [0, 0.05) is 31.2 Å². The molecule has 0 bridgehead atoms. The van der Waals surface area contributed by atoms with Crippen LogP contribution in [0.2, 0.25) is 0 Å². The number of aliphatic hydroxyl groups is 1. The van der Waals surface area contributed by atoms with E-state index in [1.54, 1.807) is 5.57 Å². The highest BCUT2D eigenvalue weighted by atomic mass is 16.2. The van der Waals surface area contributed by atoms with E-state index < -0.39 is 0 Å². The lowest BCUT2D eigenvalue weighted by Crippen LogP contribution is -2.49. The van der Waals surface area contributed by atoms with Crippen LogP contribution in [0.3, 0.4) is 0 Å². The van der Waals surface area contributed by atoms with Crippen LogP contribution in [-0.4, -0.2) is 29.6 Å². The third-order valence-electron chi connectivity index (χ3n) is 7.86. The molecule has 0 aromatic heterocycles. The number of likely N-dealkylation sites (tertiary alicyclic amines) is 1. The van der Waals surface area contributed by atoms with Gasteiger partial charge in [-0.2, -0.15) is 0 Å². The normalized spacial score (nSPS) is 41.3. The fourth-order valence-corrected chi connectivity index (χ4v) is 6.58. The van der Waals surface area contributed by atoms with Gasteiger partial charge in [0.2, 0.25) is 5.91 Å². The zero-order valence-corrected chi connectivity index (χ0v) is 15.2. The Bertz CT molecular complexity index is 607. The van der Waals surface area contributed by atoms with Crippen LogP contribution >= 0.6 is 0 Å². The minimum Gasteiger partial charge on any atom is -0.396 e. The van der Waals surface area contributed by atoms with Crippen LogP contribution in [-0.2, 0) is 4.79 Å². The number of piperidine rings is 1. The summed E-state index contributed by atoms with van der Waals surface area (Å²) in [5.74, 6) is 1.59. The minimum absolute atomic E-state index is 0.137. The van der Waals surface area contributed by atoms with Gasteiger partial charge in [0.1, 0.15) is 0 Å². The van der Waals surface area contributed by atoms with Crippen molar-refractivity contribution in [1.29, 1.82) is 0 Å². The number of nitrogens with zero attached hydrogens (tertiary/aromatic N) is 1. The molecule has 0 spiro atoms. The Kier molecular flexibility index (Phi) is 3.91. The lowest BCUT2D eigenvalue weighted by molar-refractivity contribution is -0.133. The Morgan fingerprint density at radius 1 is 1.21 bits per heavy atom. The summed E-state index contributed by atoms with van der Waals surface area (Å²) in [6.07, 6.45) is 15.0. The summed E-state index contributed by atoms with van der Waals surface area (Å²) in [4.78, 5) is 14.1. The number of carbonyl (C=O) groups excluding carboxylic acids is 1. The summed E-state index contributed by atoms with van der Waals surface area (Å²) >= 11 is 0. The number of rotatable bonds is 3. The van der Waals surface area contributed by atoms with E-state index in [0.717, 1.165) is 12.8 Å². The molecule has 3 aliphatic carbocycles. The Labute approximate surface area is 145 Å². The third kappa shape index (κ3) is 2.16. The lowest BCUT2D eigenvalue weighted by Gasteiger charge is -2.55. The summed E-state index contributed by atoms with van der Waals surface area (Å²) in [7, 11) is 1.95. The zero-order valence-electron chi connectivity index (χ0n) is 15.2. The molecule has 1 heterocycles. The number of hydrogen-bond donors (Lipinski definition) is 1. The predicted octanol–water partition coefficient (Wildman–Crippen LogP) is 4.04. The molecule has 1 N–H and O–H groups in total. The van der Waals surface area contributed by atoms with E-state index >= 15 is 0 Å². The van der Waals surface area contributed by atoms with Crippen molar-refractivity contribution in [2.75, 3.05) is 13.7 Å². The first-order chi connectivity index (χ1) is 11.5. The summed E-state index contributed by atoms with van der Waals surface area (Å²) in [6, 6.07) is 0. The molecular weight excluding hydrogens is 298 g/mol. The number of fused-ring (bicyclic) bond motifs is 5. The average molecular weight is 329 g/mol. The quantitative estimate of drug-likeness (QED) is 0.849. The second-order valence-corrected chi connectivity index (χ2v) is 8.81. The highest BCUT2D eigenvalue weighted by Gasteiger charge is 2.55. The molecular formula is C21H31NO2. The van der Waals surface area contributed by atoms with Crippen molar-refractivity contribution in [2.24, 2.45) is 22.7 Å². The van der Waals surface area contributed by atoms with Gasteiger partial charge in [-0.25, -0.2) is 0 Å². The van der Waals surface area contributed by atoms with E-state index in [2.05, 4.69) is 19.1 Å². The van der Waals surface area contributed by atoms with Crippen molar-refractivity contribution in [2.45, 2.75) is 64.7 Å². The maximum absolute atomic E-state index is 12.1. The monoisotopic (exact) mass is 329 g/mol. The molecule has 1 amide bonds. The van der Waals surface area contributed by atoms with Crippen molar-refractivity contribution in [3.05, 3.63) is 23.4 Å². The van der Waals surface area contributed by atoms with Gasteiger partial charge in [-0.3, -0.25) is 4.79 Å². The number of carbonyl (C=O) groups is 1. The van der Waals surface area contributed by atoms with Crippen LogP contribution in [0, 0.1) is 22.7 Å². The molecule has 4 atom stereocenters. The summed E-state index contributed by atoms with van der Waals surface area (Å²) in [5, 5.41) is 9.33. The number of aliphatic hydroxyl groups excluding tert-OH is 1. The molecule has 3 heteroatoms. The standard InChI is InChI=1S/C21H31NO2/c1-20-12-9-19(24)22(2)18(20)7-6-15-16(20)8-13-21(11-4-14-23)10-3-5-17(15)21/h6-7,16-17,23H,3-5,8-14H2,1-2H3/t16-,17-,20+,21+/m0/s1. The van der Waals surface area contributed by atoms with E-state index in [1.807, 2.05) is 11.9 Å². The molecule has 3 fully saturated rings. The Balaban J connectivity index is 1.70. The van der Waals surface area contributed by atoms with Crippen molar-refractivity contribution in [3.8, 4) is 0 Å². The first-order valence-electron chi connectivity index (χ1n) is 9.81. The van der Waals surface area contributed by atoms with Crippen LogP contribution in [0.4, 0.5) is 0 Å². The summed E-state index contributed by atoms with van der Waals surface area (Å²) in [6.45, 7) is 2.72. The van der Waals surface area contributed by atoms with Crippen molar-refractivity contribution < 1.29 is 9.90 Å². The van der Waals surface area contributed by atoms with E-state index in [9.17, 15) is 9.90 Å². The molecule has 132 valence electrons. The Morgan fingerprint density at radius 3 is 2.83 bits per heavy atom. The van der Waals surface area contributed by atoms with Crippen molar-refractivity contribution >= 4 is 5.91 Å². The Morgan fingerprint density at radius 2 is 2.04 bits per heavy atom. The minimum atomic E-state index is 0.137. The molecule has 24 heavy (non-hydrogen) atoms. The molecule has 2 saturated carbocycles. The van der Waals surface area contributed by atoms with E-state index in [4.69, 9.17) is 0 Å². The van der Waals surface area contributed by atoms with Gasteiger partial charge >= 0.3 is 0 Å². The fourth-order valence-electron chi connectivity index (χ4n) is 6.58. The predicted molar refractivity (Wildman–Crippen MR) is 95.1 cm³/mol. The van der Waals surface area contributed by atoms with Crippen LogP contribution in [0.1, 0.15) is 64.7 Å². The van der Waals surface area contributed by atoms with Gasteiger partial charge in [-0.15, -0.1) is 0 Å². The second kappa shape index (κ2) is 5.72. The van der Waals surface area contributed by atoms with Crippen LogP contribution in [0.25, 0.3) is 0 Å². The SMILES string of the molecule is CN1C(=O)CC[C@@]2(C)C1=CC=C1[C@@H]3CCC[C@@]3(CCCO)CC[C@@H]12. The van der Waals surface area contributed by atoms with E-state index in [-0.39, 0.29) is 11.3 Å². The maximum Gasteiger partial charge on any atom is 0.226 e. The summed E-state index contributed by atoms with van der Waals surface area (Å²) < 4.78 is 0. The summed E-state index contributed by atoms with van der Waals surface area (Å²) in [5.41, 5.74) is 3.50. The average Bonchev–Trinajstić information content (AvgIpc) is 3.01. The lowest BCUT2D eigenvalue weighted by atomic mass is 9.52. The molecule has 4 aliphatic rings. The molecule has 0 radical (unpaired) electrons. The van der Waals surface area contributed by atoms with Gasteiger partial charge in [-0.05, 0) is 68.3 Å². The fraction of sp³-hybridized carbons (Fsp3) is 0.762. The first-order valence-corrected chi connectivity index (χ1v) is 9.81. The number of allylic oxidation sites excluding steroid dienone is 4. The van der Waals surface area contributed by atoms with Crippen LogP contribution in [0.5, 0.6) is 0 Å². The highest BCUT2D eigenvalue weighted by Crippen LogP contribution is 2.64. The van der Waals surface area contributed by atoms with Gasteiger partial charge < -0.3 is 10.0 Å². The van der Waals surface area contributed by atoms with Gasteiger partial charge in [0.15, 0.2) is 0 Å². The van der Waals surface area contributed by atoms with Crippen molar-refractivity contribution in [1.82, 2.24) is 4.90 Å². The molecule has 0 aromatic carbocycles. The van der Waals surface area contributed by atoms with Crippen molar-refractivity contribution in [3.63, 3.8) is 0 Å². The molecule has 1 saturated heterocycles. The highest BCUT2D eigenvalue weighted by molar-refractivity contribution is 5.80. The van der Waals surface area contributed by atoms with Gasteiger partial charge in [-0.1, -0.05) is 25.0 Å². The second-order valence-electron chi connectivity index (χ2n) is 8.81. The zero-order chi connectivity index (χ0) is 16.9. The van der Waals surface area contributed by atoms with Gasteiger partial charge in [0.25, 0.3) is 0 Å². The van der Waals surface area contributed by atoms with Crippen LogP contribution in [0.15, 0.2) is 23.4 Å². The van der Waals surface area contributed by atoms with E-state index in [0.29, 0.717) is 30.3 Å². The molecule has 0 aromatic rings. The molecule has 0 unspecified atom stereocenters. The maximum atomic E-state index is 12.1. The molecule has 3 nitrogen and oxygen atoms in total. The first kappa shape index (κ1) is 16.4. The van der Waals surface area contributed by atoms with Crippen LogP contribution < -0.4 is 0 Å². The number of amides is 1. The Hall–Kier alpha value is -1.09. The smallest absolute Gasteiger partial charge is 0.226 e. The molecule has 4 rings (SSSR count).